The van der Waals surface area contributed by atoms with E-state index in [2.05, 4.69) is 24.8 Å². The first-order chi connectivity index (χ1) is 16.6. The molecule has 0 bridgehead atoms. The largest absolute Gasteiger partial charge is 0.472 e. The van der Waals surface area contributed by atoms with Crippen LogP contribution in [-0.4, -0.2) is 97.2 Å². The van der Waals surface area contributed by atoms with E-state index in [4.69, 9.17) is 9.47 Å². The van der Waals surface area contributed by atoms with Crippen molar-refractivity contribution in [3.63, 3.8) is 0 Å². The maximum absolute atomic E-state index is 13.3. The highest BCUT2D eigenvalue weighted by Gasteiger charge is 2.41. The number of anilines is 1. The summed E-state index contributed by atoms with van der Waals surface area (Å²) in [6.45, 7) is 5.25. The summed E-state index contributed by atoms with van der Waals surface area (Å²) in [5.41, 5.74) is 1.05. The molecular weight excluding hydrogens is 456 g/mol. The summed E-state index contributed by atoms with van der Waals surface area (Å²) in [5, 5.41) is 0. The van der Waals surface area contributed by atoms with Gasteiger partial charge in [0.15, 0.2) is 0 Å². The lowest BCUT2D eigenvalue weighted by Gasteiger charge is -2.36. The molecule has 1 saturated carbocycles. The van der Waals surface area contributed by atoms with Crippen LogP contribution in [0.5, 0.6) is 5.88 Å². The van der Waals surface area contributed by atoms with Crippen LogP contribution in [0.3, 0.4) is 0 Å². The quantitative estimate of drug-likeness (QED) is 0.594. The van der Waals surface area contributed by atoms with Crippen molar-refractivity contribution in [2.75, 3.05) is 57.4 Å². The summed E-state index contributed by atoms with van der Waals surface area (Å²) < 4.78 is 39.7. The van der Waals surface area contributed by atoms with Crippen molar-refractivity contribution in [2.24, 2.45) is 0 Å². The summed E-state index contributed by atoms with van der Waals surface area (Å²) in [5.74, 6) is 1.90. The number of piperazine rings is 1. The molecule has 5 heterocycles. The smallest absolute Gasteiger partial charge is 0.244 e. The Hall–Kier alpha value is -2.34. The maximum Gasteiger partial charge on any atom is 0.244 e. The second kappa shape index (κ2) is 9.03. The van der Waals surface area contributed by atoms with Crippen molar-refractivity contribution in [1.82, 2.24) is 24.2 Å². The number of pyridine rings is 1. The molecule has 11 heteroatoms. The summed E-state index contributed by atoms with van der Waals surface area (Å²) in [6.07, 6.45) is 8.17. The molecule has 0 radical (unpaired) electrons. The first-order valence-corrected chi connectivity index (χ1v) is 13.5. The van der Waals surface area contributed by atoms with Crippen LogP contribution in [0.15, 0.2) is 35.6 Å². The standard InChI is InChI=1S/C23H30N6O4S/c30-34(31,20-3-4-22(25-12-20)27-7-9-32-10-8-27)29-6-5-28-16-19(11-18(28)15-29)33-23-14-24-21(13-26-23)17-1-2-17/h3-4,12-14,17-19H,1-2,5-11,15-16H2/t18-,19+/m0/s1. The van der Waals surface area contributed by atoms with Gasteiger partial charge in [-0.3, -0.25) is 9.88 Å². The lowest BCUT2D eigenvalue weighted by atomic mass is 10.2. The Bertz CT molecular complexity index is 1100. The highest BCUT2D eigenvalue weighted by Crippen LogP contribution is 2.38. The van der Waals surface area contributed by atoms with Crippen molar-refractivity contribution in [1.29, 1.82) is 0 Å². The van der Waals surface area contributed by atoms with Crippen molar-refractivity contribution >= 4 is 15.8 Å². The predicted octanol–water partition coefficient (Wildman–Crippen LogP) is 1.11. The van der Waals surface area contributed by atoms with Gasteiger partial charge < -0.3 is 14.4 Å². The first-order valence-electron chi connectivity index (χ1n) is 12.1. The number of hydrogen-bond acceptors (Lipinski definition) is 9. The zero-order valence-electron chi connectivity index (χ0n) is 19.1. The Balaban J connectivity index is 1.08. The fourth-order valence-corrected chi connectivity index (χ4v) is 6.49. The minimum atomic E-state index is -3.59. The molecule has 34 heavy (non-hydrogen) atoms. The molecule has 6 rings (SSSR count). The lowest BCUT2D eigenvalue weighted by Crippen LogP contribution is -2.51. The molecule has 4 fully saturated rings. The van der Waals surface area contributed by atoms with Crippen molar-refractivity contribution in [2.45, 2.75) is 42.2 Å². The average Bonchev–Trinajstić information content (AvgIpc) is 3.64. The molecule has 1 aliphatic carbocycles. The second-order valence-electron chi connectivity index (χ2n) is 9.49. The van der Waals surface area contributed by atoms with Gasteiger partial charge in [-0.1, -0.05) is 0 Å². The van der Waals surface area contributed by atoms with Crippen LogP contribution in [0.1, 0.15) is 30.9 Å². The van der Waals surface area contributed by atoms with Crippen LogP contribution < -0.4 is 9.64 Å². The predicted molar refractivity (Wildman–Crippen MR) is 124 cm³/mol. The molecule has 2 aromatic rings. The average molecular weight is 487 g/mol. The molecule has 10 nitrogen and oxygen atoms in total. The van der Waals surface area contributed by atoms with Crippen LogP contribution in [0.25, 0.3) is 0 Å². The molecule has 3 saturated heterocycles. The van der Waals surface area contributed by atoms with Gasteiger partial charge in [-0.15, -0.1) is 0 Å². The number of sulfonamides is 1. The van der Waals surface area contributed by atoms with Gasteiger partial charge in [0.25, 0.3) is 0 Å². The highest BCUT2D eigenvalue weighted by molar-refractivity contribution is 7.89. The van der Waals surface area contributed by atoms with Gasteiger partial charge in [0, 0.05) is 63.8 Å². The number of aromatic nitrogens is 3. The van der Waals surface area contributed by atoms with Crippen LogP contribution in [0.4, 0.5) is 5.82 Å². The maximum atomic E-state index is 13.3. The van der Waals surface area contributed by atoms with E-state index in [1.165, 1.54) is 19.0 Å². The van der Waals surface area contributed by atoms with E-state index in [9.17, 15) is 8.42 Å². The zero-order chi connectivity index (χ0) is 23.1. The Morgan fingerprint density at radius 1 is 0.941 bits per heavy atom. The molecule has 0 aromatic carbocycles. The molecule has 0 spiro atoms. The van der Waals surface area contributed by atoms with Gasteiger partial charge in [-0.05, 0) is 25.0 Å². The Morgan fingerprint density at radius 2 is 1.79 bits per heavy atom. The fourth-order valence-electron chi connectivity index (χ4n) is 5.07. The van der Waals surface area contributed by atoms with E-state index >= 15 is 0 Å². The third kappa shape index (κ3) is 4.49. The summed E-state index contributed by atoms with van der Waals surface area (Å²) in [6, 6.07) is 3.60. The number of rotatable bonds is 6. The molecule has 0 amide bonds. The Morgan fingerprint density at radius 3 is 2.50 bits per heavy atom. The van der Waals surface area contributed by atoms with E-state index in [1.807, 2.05) is 6.20 Å². The van der Waals surface area contributed by atoms with E-state index in [1.54, 1.807) is 22.6 Å². The van der Waals surface area contributed by atoms with Crippen molar-refractivity contribution in [3.8, 4) is 5.88 Å². The van der Waals surface area contributed by atoms with Gasteiger partial charge in [0.1, 0.15) is 16.8 Å². The molecule has 2 aromatic heterocycles. The van der Waals surface area contributed by atoms with Gasteiger partial charge in [0.2, 0.25) is 15.9 Å². The molecule has 4 aliphatic rings. The van der Waals surface area contributed by atoms with E-state index in [-0.39, 0.29) is 17.0 Å². The normalized spacial score (nSPS) is 26.4. The fraction of sp³-hybridized carbons (Fsp3) is 0.609. The third-order valence-corrected chi connectivity index (χ3v) is 9.01. The highest BCUT2D eigenvalue weighted by atomic mass is 32.2. The Kier molecular flexibility index (Phi) is 5.88. The van der Waals surface area contributed by atoms with Gasteiger partial charge >= 0.3 is 0 Å². The van der Waals surface area contributed by atoms with Gasteiger partial charge in [-0.2, -0.15) is 4.31 Å². The minimum Gasteiger partial charge on any atom is -0.472 e. The van der Waals surface area contributed by atoms with Crippen LogP contribution >= 0.6 is 0 Å². The number of morpholine rings is 1. The second-order valence-corrected chi connectivity index (χ2v) is 11.4. The van der Waals surface area contributed by atoms with E-state index in [0.717, 1.165) is 37.6 Å². The topological polar surface area (TPSA) is 101 Å². The zero-order valence-corrected chi connectivity index (χ0v) is 19.9. The molecule has 182 valence electrons. The number of ether oxygens (including phenoxy) is 2. The van der Waals surface area contributed by atoms with Crippen LogP contribution in [0.2, 0.25) is 0 Å². The van der Waals surface area contributed by atoms with Crippen molar-refractivity contribution < 1.29 is 17.9 Å². The SMILES string of the molecule is O=S(=O)(c1ccc(N2CCOCC2)nc1)N1CCN2C[C@H](Oc3cnc(C4CC4)cn3)C[C@H]2C1. The lowest BCUT2D eigenvalue weighted by molar-refractivity contribution is 0.122. The van der Waals surface area contributed by atoms with E-state index in [0.29, 0.717) is 44.6 Å². The number of hydrogen-bond donors (Lipinski definition) is 0. The monoisotopic (exact) mass is 486 g/mol. The minimum absolute atomic E-state index is 0.0109. The molecule has 2 atom stereocenters. The molecule has 0 unspecified atom stereocenters. The number of fused-ring (bicyclic) bond motifs is 1. The number of nitrogens with zero attached hydrogens (tertiary/aromatic N) is 6. The first kappa shape index (κ1) is 22.1. The van der Waals surface area contributed by atoms with E-state index < -0.39 is 10.0 Å². The summed E-state index contributed by atoms with van der Waals surface area (Å²) in [4.78, 5) is 18.0. The Labute approximate surface area is 200 Å². The third-order valence-electron chi connectivity index (χ3n) is 7.17. The van der Waals surface area contributed by atoms with Gasteiger partial charge in [-0.25, -0.2) is 18.4 Å². The molecule has 3 aliphatic heterocycles. The van der Waals surface area contributed by atoms with Crippen LogP contribution in [0, 0.1) is 0 Å². The molecular formula is C23H30N6O4S. The summed E-state index contributed by atoms with van der Waals surface area (Å²) in [7, 11) is -3.59. The van der Waals surface area contributed by atoms with Crippen LogP contribution in [-0.2, 0) is 14.8 Å². The molecule has 0 N–H and O–H groups in total. The summed E-state index contributed by atoms with van der Waals surface area (Å²) >= 11 is 0. The van der Waals surface area contributed by atoms with Gasteiger partial charge in [0.05, 0.1) is 31.3 Å². The van der Waals surface area contributed by atoms with Crippen molar-refractivity contribution in [3.05, 3.63) is 36.4 Å².